The quantitative estimate of drug-likeness (QED) is 0.909. The maximum absolute atomic E-state index is 8.94. The highest BCUT2D eigenvalue weighted by atomic mass is 79.9. The summed E-state index contributed by atoms with van der Waals surface area (Å²) in [4.78, 5) is 10.6. The van der Waals surface area contributed by atoms with Crippen LogP contribution in [0.1, 0.15) is 13.3 Å². The van der Waals surface area contributed by atoms with Gasteiger partial charge in [0.25, 0.3) is 0 Å². The van der Waals surface area contributed by atoms with Crippen LogP contribution in [0.25, 0.3) is 0 Å². The molecule has 1 aromatic rings. The minimum atomic E-state index is -0.400. The molecule has 19 heavy (non-hydrogen) atoms. The molecule has 6 nitrogen and oxygen atoms in total. The van der Waals surface area contributed by atoms with Gasteiger partial charge in [-0.1, -0.05) is 6.92 Å². The minimum absolute atomic E-state index is 0.400. The summed E-state index contributed by atoms with van der Waals surface area (Å²) in [7, 11) is 0. The highest BCUT2D eigenvalue weighted by molar-refractivity contribution is 9.10. The summed E-state index contributed by atoms with van der Waals surface area (Å²) in [6.45, 7) is 4.74. The van der Waals surface area contributed by atoms with Crippen molar-refractivity contribution >= 4 is 27.6 Å². The van der Waals surface area contributed by atoms with E-state index in [9.17, 15) is 0 Å². The number of rotatable bonds is 4. The average Bonchev–Trinajstić information content (AvgIpc) is 2.46. The molecule has 1 aliphatic heterocycles. The fraction of sp³-hybridized carbons (Fsp3) is 0.583. The van der Waals surface area contributed by atoms with Crippen molar-refractivity contribution in [1.82, 2.24) is 9.97 Å². The Labute approximate surface area is 120 Å². The molecule has 1 saturated heterocycles. The van der Waals surface area contributed by atoms with Gasteiger partial charge < -0.3 is 15.0 Å². The largest absolute Gasteiger partial charge is 0.369 e. The van der Waals surface area contributed by atoms with Crippen molar-refractivity contribution in [3.05, 3.63) is 10.8 Å². The molecule has 1 aromatic heterocycles. The SMILES string of the molecule is CCCNc1ncnc(N2CCOC(C#N)C2)c1Br. The lowest BCUT2D eigenvalue weighted by Crippen LogP contribution is -2.42. The summed E-state index contributed by atoms with van der Waals surface area (Å²) in [5.74, 6) is 1.59. The van der Waals surface area contributed by atoms with Gasteiger partial charge in [0.2, 0.25) is 0 Å². The number of aromatic nitrogens is 2. The fourth-order valence-corrected chi connectivity index (χ4v) is 2.46. The van der Waals surface area contributed by atoms with E-state index < -0.39 is 6.10 Å². The summed E-state index contributed by atoms with van der Waals surface area (Å²) in [5, 5.41) is 12.2. The number of hydrogen-bond acceptors (Lipinski definition) is 6. The first kappa shape index (κ1) is 14.0. The summed E-state index contributed by atoms with van der Waals surface area (Å²) < 4.78 is 6.17. The molecule has 1 aliphatic rings. The Kier molecular flexibility index (Phi) is 4.93. The molecule has 0 bridgehead atoms. The monoisotopic (exact) mass is 325 g/mol. The predicted molar refractivity (Wildman–Crippen MR) is 76.1 cm³/mol. The van der Waals surface area contributed by atoms with E-state index in [1.165, 1.54) is 6.33 Å². The molecule has 1 atom stereocenters. The molecule has 7 heteroatoms. The van der Waals surface area contributed by atoms with E-state index in [0.717, 1.165) is 35.6 Å². The first-order valence-electron chi connectivity index (χ1n) is 6.26. The van der Waals surface area contributed by atoms with Gasteiger partial charge in [-0.2, -0.15) is 5.26 Å². The van der Waals surface area contributed by atoms with Gasteiger partial charge in [-0.3, -0.25) is 0 Å². The van der Waals surface area contributed by atoms with Crippen molar-refractivity contribution in [2.45, 2.75) is 19.4 Å². The van der Waals surface area contributed by atoms with Crippen molar-refractivity contribution < 1.29 is 4.74 Å². The van der Waals surface area contributed by atoms with Crippen LogP contribution >= 0.6 is 15.9 Å². The zero-order valence-electron chi connectivity index (χ0n) is 10.8. The van der Waals surface area contributed by atoms with Crippen LogP contribution in [0, 0.1) is 11.3 Å². The van der Waals surface area contributed by atoms with Crippen LogP contribution in [-0.4, -0.2) is 42.3 Å². The topological polar surface area (TPSA) is 74.1 Å². The lowest BCUT2D eigenvalue weighted by atomic mass is 10.3. The van der Waals surface area contributed by atoms with Crippen LogP contribution in [0.15, 0.2) is 10.8 Å². The van der Waals surface area contributed by atoms with E-state index in [1.54, 1.807) is 0 Å². The number of nitrogens with zero attached hydrogens (tertiary/aromatic N) is 4. The van der Waals surface area contributed by atoms with Gasteiger partial charge in [-0.15, -0.1) is 0 Å². The van der Waals surface area contributed by atoms with E-state index >= 15 is 0 Å². The molecule has 2 heterocycles. The molecule has 0 aliphatic carbocycles. The molecule has 2 rings (SSSR count). The fourth-order valence-electron chi connectivity index (χ4n) is 1.87. The van der Waals surface area contributed by atoms with Crippen molar-refractivity contribution in [1.29, 1.82) is 5.26 Å². The van der Waals surface area contributed by atoms with E-state index in [0.29, 0.717) is 13.2 Å². The number of nitrogens with one attached hydrogen (secondary N) is 1. The van der Waals surface area contributed by atoms with Crippen LogP contribution < -0.4 is 10.2 Å². The summed E-state index contributed by atoms with van der Waals surface area (Å²) in [6.07, 6.45) is 2.16. The number of ether oxygens (including phenoxy) is 1. The molecule has 0 saturated carbocycles. The Balaban J connectivity index is 2.17. The Morgan fingerprint density at radius 1 is 1.63 bits per heavy atom. The maximum atomic E-state index is 8.94. The molecular formula is C12H16BrN5O. The molecule has 0 amide bonds. The second-order valence-electron chi connectivity index (χ2n) is 4.22. The van der Waals surface area contributed by atoms with Crippen LogP contribution in [0.2, 0.25) is 0 Å². The lowest BCUT2D eigenvalue weighted by molar-refractivity contribution is 0.0761. The van der Waals surface area contributed by atoms with Gasteiger partial charge in [-0.25, -0.2) is 9.97 Å². The standard InChI is InChI=1S/C12H16BrN5O/c1-2-3-15-11-10(13)12(17-8-16-11)18-4-5-19-9(6-14)7-18/h8-9H,2-5,7H2,1H3,(H,15,16,17). The molecule has 0 spiro atoms. The van der Waals surface area contributed by atoms with Crippen LogP contribution in [0.4, 0.5) is 11.6 Å². The number of nitriles is 1. The van der Waals surface area contributed by atoms with Crippen LogP contribution in [0.3, 0.4) is 0 Å². The van der Waals surface area contributed by atoms with Gasteiger partial charge in [-0.05, 0) is 22.4 Å². The number of morpholine rings is 1. The number of anilines is 2. The van der Waals surface area contributed by atoms with Crippen molar-refractivity contribution in [2.24, 2.45) is 0 Å². The third-order valence-electron chi connectivity index (χ3n) is 2.82. The normalized spacial score (nSPS) is 19.0. The summed E-state index contributed by atoms with van der Waals surface area (Å²) >= 11 is 3.54. The highest BCUT2D eigenvalue weighted by Gasteiger charge is 2.23. The highest BCUT2D eigenvalue weighted by Crippen LogP contribution is 2.30. The third-order valence-corrected chi connectivity index (χ3v) is 3.55. The molecule has 1 unspecified atom stereocenters. The Morgan fingerprint density at radius 3 is 3.21 bits per heavy atom. The Hall–Kier alpha value is -1.39. The second kappa shape index (κ2) is 6.68. The second-order valence-corrected chi connectivity index (χ2v) is 5.01. The predicted octanol–water partition coefficient (Wildman–Crippen LogP) is 1.79. The molecule has 0 aromatic carbocycles. The Bertz CT molecular complexity index is 476. The first-order valence-corrected chi connectivity index (χ1v) is 7.06. The van der Waals surface area contributed by atoms with Gasteiger partial charge in [0.1, 0.15) is 22.4 Å². The van der Waals surface area contributed by atoms with Gasteiger partial charge >= 0.3 is 0 Å². The van der Waals surface area contributed by atoms with E-state index in [-0.39, 0.29) is 0 Å². The van der Waals surface area contributed by atoms with Crippen molar-refractivity contribution in [3.8, 4) is 6.07 Å². The van der Waals surface area contributed by atoms with E-state index in [2.05, 4.69) is 44.2 Å². The van der Waals surface area contributed by atoms with Gasteiger partial charge in [0.15, 0.2) is 6.10 Å². The maximum Gasteiger partial charge on any atom is 0.161 e. The van der Waals surface area contributed by atoms with Gasteiger partial charge in [0.05, 0.1) is 19.2 Å². The zero-order chi connectivity index (χ0) is 13.7. The molecule has 102 valence electrons. The summed E-state index contributed by atoms with van der Waals surface area (Å²) in [5.41, 5.74) is 0. The van der Waals surface area contributed by atoms with Crippen LogP contribution in [0.5, 0.6) is 0 Å². The number of halogens is 1. The minimum Gasteiger partial charge on any atom is -0.369 e. The van der Waals surface area contributed by atoms with Crippen molar-refractivity contribution in [2.75, 3.05) is 36.5 Å². The molecule has 1 fully saturated rings. The molecular weight excluding hydrogens is 310 g/mol. The van der Waals surface area contributed by atoms with E-state index in [4.69, 9.17) is 10.00 Å². The van der Waals surface area contributed by atoms with Crippen LogP contribution in [-0.2, 0) is 4.74 Å². The average molecular weight is 326 g/mol. The van der Waals surface area contributed by atoms with E-state index in [1.807, 2.05) is 4.90 Å². The third kappa shape index (κ3) is 3.33. The van der Waals surface area contributed by atoms with Crippen molar-refractivity contribution in [3.63, 3.8) is 0 Å². The zero-order valence-corrected chi connectivity index (χ0v) is 12.4. The summed E-state index contributed by atoms with van der Waals surface area (Å²) in [6, 6.07) is 2.13. The number of hydrogen-bond donors (Lipinski definition) is 1. The smallest absolute Gasteiger partial charge is 0.161 e. The molecule has 1 N–H and O–H groups in total. The lowest BCUT2D eigenvalue weighted by Gasteiger charge is -2.31. The Morgan fingerprint density at radius 2 is 2.47 bits per heavy atom. The first-order chi connectivity index (χ1) is 9.26. The van der Waals surface area contributed by atoms with Gasteiger partial charge in [0, 0.05) is 13.1 Å². The molecule has 0 radical (unpaired) electrons.